The van der Waals surface area contributed by atoms with E-state index in [1.54, 1.807) is 60.7 Å². The van der Waals surface area contributed by atoms with Gasteiger partial charge in [0, 0.05) is 16.5 Å². The lowest BCUT2D eigenvalue weighted by atomic mass is 10.1. The van der Waals surface area contributed by atoms with Crippen LogP contribution in [0.5, 0.6) is 0 Å². The Labute approximate surface area is 205 Å². The summed E-state index contributed by atoms with van der Waals surface area (Å²) in [7, 11) is -8.92. The minimum absolute atomic E-state index is 0.208. The van der Waals surface area contributed by atoms with Crippen LogP contribution in [0.2, 0.25) is 0 Å². The third-order valence-electron chi connectivity index (χ3n) is 5.53. The second kappa shape index (κ2) is 8.53. The molecular formula is C24H18N4O6S2. The highest BCUT2D eigenvalue weighted by molar-refractivity contribution is 7.86. The zero-order valence-electron chi connectivity index (χ0n) is 18.3. The third-order valence-corrected chi connectivity index (χ3v) is 7.33. The van der Waals surface area contributed by atoms with Crippen molar-refractivity contribution in [3.05, 3.63) is 83.9 Å². The largest absolute Gasteiger partial charge is 0.399 e. The van der Waals surface area contributed by atoms with E-state index in [-0.39, 0.29) is 21.0 Å². The Morgan fingerprint density at radius 2 is 1.42 bits per heavy atom. The lowest BCUT2D eigenvalue weighted by Crippen LogP contribution is -2.02. The van der Waals surface area contributed by atoms with Gasteiger partial charge in [0.2, 0.25) is 0 Å². The van der Waals surface area contributed by atoms with Crippen molar-refractivity contribution in [1.29, 1.82) is 0 Å². The molecule has 182 valence electrons. The van der Waals surface area contributed by atoms with Gasteiger partial charge in [-0.25, -0.2) is 0 Å². The van der Waals surface area contributed by atoms with Gasteiger partial charge in [-0.3, -0.25) is 9.11 Å². The maximum Gasteiger partial charge on any atom is 0.295 e. The van der Waals surface area contributed by atoms with Crippen LogP contribution in [0.4, 0.5) is 5.69 Å². The molecule has 0 fully saturated rings. The van der Waals surface area contributed by atoms with Crippen LogP contribution in [0, 0.1) is 0 Å². The molecule has 1 aromatic heterocycles. The quantitative estimate of drug-likeness (QED) is 0.177. The van der Waals surface area contributed by atoms with E-state index in [2.05, 4.69) is 10.2 Å². The lowest BCUT2D eigenvalue weighted by molar-refractivity contribution is 0.481. The summed E-state index contributed by atoms with van der Waals surface area (Å²) in [6.07, 6.45) is 3.21. The van der Waals surface area contributed by atoms with Crippen molar-refractivity contribution in [1.82, 2.24) is 15.0 Å². The van der Waals surface area contributed by atoms with Crippen molar-refractivity contribution >= 4 is 59.9 Å². The summed E-state index contributed by atoms with van der Waals surface area (Å²) in [5, 5.41) is 9.77. The van der Waals surface area contributed by atoms with Crippen LogP contribution in [0.25, 0.3) is 39.6 Å². The number of fused-ring (bicyclic) bond motifs is 3. The van der Waals surface area contributed by atoms with Crippen molar-refractivity contribution in [3.63, 3.8) is 0 Å². The van der Waals surface area contributed by atoms with E-state index in [1.165, 1.54) is 29.1 Å². The molecule has 0 saturated carbocycles. The topological polar surface area (TPSA) is 165 Å². The zero-order chi connectivity index (χ0) is 25.7. The molecule has 0 atom stereocenters. The molecule has 10 nitrogen and oxygen atoms in total. The van der Waals surface area contributed by atoms with Crippen molar-refractivity contribution in [2.75, 3.05) is 5.73 Å². The second-order valence-electron chi connectivity index (χ2n) is 7.95. The molecule has 4 aromatic carbocycles. The summed E-state index contributed by atoms with van der Waals surface area (Å²) < 4.78 is 66.2. The minimum atomic E-state index is -4.47. The molecule has 1 heterocycles. The Kier molecular flexibility index (Phi) is 5.60. The van der Waals surface area contributed by atoms with Crippen LogP contribution < -0.4 is 5.73 Å². The van der Waals surface area contributed by atoms with E-state index < -0.39 is 20.2 Å². The fraction of sp³-hybridized carbons (Fsp3) is 0. The van der Waals surface area contributed by atoms with E-state index >= 15 is 0 Å². The Bertz CT molecular complexity index is 1900. The number of nitrogens with two attached hydrogens (primary N) is 1. The molecule has 0 spiro atoms. The first-order chi connectivity index (χ1) is 17.0. The van der Waals surface area contributed by atoms with Crippen LogP contribution in [0.1, 0.15) is 11.1 Å². The number of nitrogen functional groups attached to an aromatic ring is 1. The van der Waals surface area contributed by atoms with Crippen molar-refractivity contribution in [2.24, 2.45) is 0 Å². The van der Waals surface area contributed by atoms with Crippen LogP contribution in [-0.4, -0.2) is 40.9 Å². The van der Waals surface area contributed by atoms with E-state index in [0.29, 0.717) is 27.5 Å². The highest BCUT2D eigenvalue weighted by Gasteiger charge is 2.19. The first kappa shape index (κ1) is 23.6. The van der Waals surface area contributed by atoms with Crippen molar-refractivity contribution in [3.8, 4) is 5.69 Å². The lowest BCUT2D eigenvalue weighted by Gasteiger charge is -2.04. The first-order valence-corrected chi connectivity index (χ1v) is 13.3. The number of benzene rings is 4. The van der Waals surface area contributed by atoms with Gasteiger partial charge in [-0.1, -0.05) is 54.6 Å². The number of nitrogens with zero attached hydrogens (tertiary/aromatic N) is 3. The Hall–Kier alpha value is -4.10. The Balaban J connectivity index is 1.51. The summed E-state index contributed by atoms with van der Waals surface area (Å²) in [5.74, 6) is 0. The van der Waals surface area contributed by atoms with Gasteiger partial charge >= 0.3 is 0 Å². The third kappa shape index (κ3) is 4.45. The molecule has 0 aliphatic rings. The minimum Gasteiger partial charge on any atom is -0.399 e. The number of hydrogen-bond acceptors (Lipinski definition) is 7. The number of aromatic nitrogens is 3. The van der Waals surface area contributed by atoms with E-state index in [1.807, 2.05) is 0 Å². The molecule has 0 amide bonds. The van der Waals surface area contributed by atoms with Gasteiger partial charge < -0.3 is 5.73 Å². The standard InChI is InChI=1S/C24H18N4O6S2/c25-17-10-9-16(22(13-17)35(29,30)31)8-5-15-6-11-18(12-7-15)28-26-21-14-23(36(32,33)34)19-3-1-2-4-20(19)24(21)27-28/h1-14H,25H2,(H,29,30,31)(H,32,33,34)/b8-5+. The van der Waals surface area contributed by atoms with E-state index in [0.717, 1.165) is 5.56 Å². The van der Waals surface area contributed by atoms with Gasteiger partial charge in [-0.15, -0.1) is 10.2 Å². The van der Waals surface area contributed by atoms with Gasteiger partial charge in [-0.05, 0) is 41.5 Å². The summed E-state index contributed by atoms with van der Waals surface area (Å²) in [4.78, 5) is 0.818. The number of anilines is 1. The highest BCUT2D eigenvalue weighted by atomic mass is 32.2. The fourth-order valence-electron chi connectivity index (χ4n) is 3.86. The molecule has 5 rings (SSSR count). The van der Waals surface area contributed by atoms with Crippen molar-refractivity contribution < 1.29 is 25.9 Å². The maximum atomic E-state index is 11.9. The van der Waals surface area contributed by atoms with Gasteiger partial charge in [0.1, 0.15) is 20.8 Å². The maximum absolute atomic E-state index is 11.9. The van der Waals surface area contributed by atoms with Gasteiger partial charge in [0.05, 0.1) is 5.69 Å². The molecule has 0 bridgehead atoms. The molecule has 0 aliphatic heterocycles. The average Bonchev–Trinajstić information content (AvgIpc) is 3.26. The summed E-state index contributed by atoms with van der Waals surface area (Å²) >= 11 is 0. The molecule has 0 radical (unpaired) electrons. The SMILES string of the molecule is Nc1ccc(/C=C/c2ccc(-n3nc4cc(S(=O)(=O)O)c5ccccc5c4n3)cc2)c(S(=O)(=O)O)c1. The summed E-state index contributed by atoms with van der Waals surface area (Å²) in [6.45, 7) is 0. The molecule has 36 heavy (non-hydrogen) atoms. The predicted molar refractivity (Wildman–Crippen MR) is 136 cm³/mol. The van der Waals surface area contributed by atoms with Crippen LogP contribution in [-0.2, 0) is 20.2 Å². The smallest absolute Gasteiger partial charge is 0.295 e. The number of rotatable bonds is 5. The number of hydrogen-bond donors (Lipinski definition) is 3. The molecule has 4 N–H and O–H groups in total. The summed E-state index contributed by atoms with van der Waals surface area (Å²) in [5.41, 5.74) is 8.21. The predicted octanol–water partition coefficient (Wildman–Crippen LogP) is 3.82. The molecule has 0 saturated heterocycles. The van der Waals surface area contributed by atoms with E-state index in [9.17, 15) is 25.9 Å². The molecular weight excluding hydrogens is 504 g/mol. The van der Waals surface area contributed by atoms with Crippen LogP contribution in [0.15, 0.2) is 82.6 Å². The van der Waals surface area contributed by atoms with Crippen molar-refractivity contribution in [2.45, 2.75) is 9.79 Å². The molecule has 0 aliphatic carbocycles. The van der Waals surface area contributed by atoms with Crippen LogP contribution in [0.3, 0.4) is 0 Å². The monoisotopic (exact) mass is 522 g/mol. The average molecular weight is 523 g/mol. The van der Waals surface area contributed by atoms with Gasteiger partial charge in [0.15, 0.2) is 0 Å². The highest BCUT2D eigenvalue weighted by Crippen LogP contribution is 2.30. The molecule has 5 aromatic rings. The van der Waals surface area contributed by atoms with Gasteiger partial charge in [-0.2, -0.15) is 21.6 Å². The first-order valence-electron chi connectivity index (χ1n) is 10.4. The zero-order valence-corrected chi connectivity index (χ0v) is 20.0. The van der Waals surface area contributed by atoms with Crippen LogP contribution >= 0.6 is 0 Å². The molecule has 0 unspecified atom stereocenters. The fourth-order valence-corrected chi connectivity index (χ4v) is 5.29. The summed E-state index contributed by atoms with van der Waals surface area (Å²) in [6, 6.07) is 19.2. The second-order valence-corrected chi connectivity index (χ2v) is 10.7. The molecule has 12 heteroatoms. The van der Waals surface area contributed by atoms with Gasteiger partial charge in [0.25, 0.3) is 20.2 Å². The normalized spacial score (nSPS) is 12.6. The Morgan fingerprint density at radius 1 is 0.750 bits per heavy atom. The van der Waals surface area contributed by atoms with E-state index in [4.69, 9.17) is 5.73 Å². The Morgan fingerprint density at radius 3 is 2.08 bits per heavy atom.